The molecular formula is C16H20N2O3. The van der Waals surface area contributed by atoms with Gasteiger partial charge in [0.25, 0.3) is 5.91 Å². The maximum Gasteiger partial charge on any atom is 0.262 e. The molecule has 0 aromatic heterocycles. The monoisotopic (exact) mass is 288 g/mol. The predicted octanol–water partition coefficient (Wildman–Crippen LogP) is 2.53. The summed E-state index contributed by atoms with van der Waals surface area (Å²) in [6, 6.07) is 7.14. The first-order valence-corrected chi connectivity index (χ1v) is 6.75. The van der Waals surface area contributed by atoms with Gasteiger partial charge in [-0.25, -0.2) is 0 Å². The molecule has 0 fully saturated rings. The van der Waals surface area contributed by atoms with Gasteiger partial charge in [-0.1, -0.05) is 6.07 Å². The van der Waals surface area contributed by atoms with Crippen LogP contribution in [0.4, 0.5) is 0 Å². The highest BCUT2D eigenvalue weighted by atomic mass is 16.5. The fourth-order valence-corrected chi connectivity index (χ4v) is 1.70. The minimum absolute atomic E-state index is 0.0240. The Morgan fingerprint density at radius 1 is 1.43 bits per heavy atom. The van der Waals surface area contributed by atoms with Crippen molar-refractivity contribution in [3.8, 4) is 17.6 Å². The molecule has 1 aromatic rings. The van der Waals surface area contributed by atoms with Gasteiger partial charge in [-0.15, -0.1) is 0 Å². The van der Waals surface area contributed by atoms with Crippen LogP contribution in [0.3, 0.4) is 0 Å². The third-order valence-electron chi connectivity index (χ3n) is 2.58. The molecule has 21 heavy (non-hydrogen) atoms. The van der Waals surface area contributed by atoms with Crippen molar-refractivity contribution in [1.29, 1.82) is 5.26 Å². The van der Waals surface area contributed by atoms with E-state index in [9.17, 15) is 4.79 Å². The Balaban J connectivity index is 3.07. The highest BCUT2D eigenvalue weighted by Gasteiger charge is 2.11. The maximum absolute atomic E-state index is 11.9. The van der Waals surface area contributed by atoms with Gasteiger partial charge in [-0.3, -0.25) is 4.79 Å². The Kier molecular flexibility index (Phi) is 6.28. The zero-order valence-electron chi connectivity index (χ0n) is 12.8. The number of nitrogens with one attached hydrogen (secondary N) is 1. The van der Waals surface area contributed by atoms with Gasteiger partial charge in [0.1, 0.15) is 11.6 Å². The van der Waals surface area contributed by atoms with Crippen molar-refractivity contribution in [3.05, 3.63) is 29.3 Å². The second-order valence-corrected chi connectivity index (χ2v) is 4.64. The lowest BCUT2D eigenvalue weighted by atomic mass is 10.1. The zero-order chi connectivity index (χ0) is 15.8. The van der Waals surface area contributed by atoms with Crippen LogP contribution in [0.2, 0.25) is 0 Å². The average Bonchev–Trinajstić information content (AvgIpc) is 2.45. The first kappa shape index (κ1) is 16.6. The van der Waals surface area contributed by atoms with Crippen molar-refractivity contribution >= 4 is 12.0 Å². The molecule has 1 rings (SSSR count). The van der Waals surface area contributed by atoms with Crippen molar-refractivity contribution in [2.24, 2.45) is 0 Å². The SMILES string of the molecule is CCOc1ccc(/C=C(\C#N)C(=O)NC(C)C)cc1OC. The molecule has 0 unspecified atom stereocenters. The minimum atomic E-state index is -0.389. The maximum atomic E-state index is 11.9. The minimum Gasteiger partial charge on any atom is -0.493 e. The van der Waals surface area contributed by atoms with Gasteiger partial charge in [0.15, 0.2) is 11.5 Å². The number of methoxy groups -OCH3 is 1. The van der Waals surface area contributed by atoms with E-state index in [-0.39, 0.29) is 17.5 Å². The number of ether oxygens (including phenoxy) is 2. The lowest BCUT2D eigenvalue weighted by molar-refractivity contribution is -0.117. The summed E-state index contributed by atoms with van der Waals surface area (Å²) < 4.78 is 10.7. The van der Waals surface area contributed by atoms with Crippen LogP contribution in [-0.2, 0) is 4.79 Å². The van der Waals surface area contributed by atoms with Crippen LogP contribution in [0.1, 0.15) is 26.3 Å². The molecule has 0 aliphatic heterocycles. The Bertz CT molecular complexity index is 571. The number of carbonyl (C=O) groups is 1. The second-order valence-electron chi connectivity index (χ2n) is 4.64. The zero-order valence-corrected chi connectivity index (χ0v) is 12.8. The van der Waals surface area contributed by atoms with Gasteiger partial charge >= 0.3 is 0 Å². The highest BCUT2D eigenvalue weighted by molar-refractivity contribution is 6.01. The van der Waals surface area contributed by atoms with Gasteiger partial charge in [-0.2, -0.15) is 5.26 Å². The van der Waals surface area contributed by atoms with Crippen LogP contribution in [0.15, 0.2) is 23.8 Å². The standard InChI is InChI=1S/C16H20N2O3/c1-5-21-14-7-6-12(9-15(14)20-4)8-13(10-17)16(19)18-11(2)3/h6-9,11H,5H2,1-4H3,(H,18,19)/b13-8+. The van der Waals surface area contributed by atoms with Crippen molar-refractivity contribution in [2.75, 3.05) is 13.7 Å². The molecule has 0 aliphatic rings. The van der Waals surface area contributed by atoms with E-state index in [1.54, 1.807) is 25.3 Å². The number of nitrogens with zero attached hydrogens (tertiary/aromatic N) is 1. The summed E-state index contributed by atoms with van der Waals surface area (Å²) in [6.45, 7) is 6.10. The number of hydrogen-bond donors (Lipinski definition) is 1. The fraction of sp³-hybridized carbons (Fsp3) is 0.375. The number of amides is 1. The van der Waals surface area contributed by atoms with Crippen LogP contribution < -0.4 is 14.8 Å². The van der Waals surface area contributed by atoms with E-state index in [4.69, 9.17) is 14.7 Å². The van der Waals surface area contributed by atoms with E-state index < -0.39 is 0 Å². The average molecular weight is 288 g/mol. The lowest BCUT2D eigenvalue weighted by Gasteiger charge is -2.10. The molecule has 0 heterocycles. The summed E-state index contributed by atoms with van der Waals surface area (Å²) in [4.78, 5) is 11.9. The summed E-state index contributed by atoms with van der Waals surface area (Å²) in [5.41, 5.74) is 0.751. The van der Waals surface area contributed by atoms with Crippen molar-refractivity contribution < 1.29 is 14.3 Å². The molecule has 0 saturated carbocycles. The van der Waals surface area contributed by atoms with Crippen molar-refractivity contribution in [2.45, 2.75) is 26.8 Å². The number of nitriles is 1. The molecule has 112 valence electrons. The molecular weight excluding hydrogens is 268 g/mol. The quantitative estimate of drug-likeness (QED) is 0.645. The normalized spacial score (nSPS) is 11.0. The molecule has 0 saturated heterocycles. The topological polar surface area (TPSA) is 71.3 Å². The van der Waals surface area contributed by atoms with Gasteiger partial charge in [0, 0.05) is 6.04 Å². The lowest BCUT2D eigenvalue weighted by Crippen LogP contribution is -2.30. The third kappa shape index (κ3) is 4.84. The molecule has 1 aromatic carbocycles. The summed E-state index contributed by atoms with van der Waals surface area (Å²) in [5, 5.41) is 11.8. The van der Waals surface area contributed by atoms with Gasteiger partial charge in [0.2, 0.25) is 0 Å². The first-order valence-electron chi connectivity index (χ1n) is 6.75. The third-order valence-corrected chi connectivity index (χ3v) is 2.58. The number of rotatable bonds is 6. The predicted molar refractivity (Wildman–Crippen MR) is 81.0 cm³/mol. The first-order chi connectivity index (χ1) is 10.0. The largest absolute Gasteiger partial charge is 0.493 e. The Morgan fingerprint density at radius 2 is 2.14 bits per heavy atom. The van der Waals surface area contributed by atoms with Crippen molar-refractivity contribution in [3.63, 3.8) is 0 Å². The second kappa shape index (κ2) is 7.95. The van der Waals surface area contributed by atoms with Crippen LogP contribution >= 0.6 is 0 Å². The van der Waals surface area contributed by atoms with E-state index in [0.29, 0.717) is 23.7 Å². The molecule has 1 amide bonds. The van der Waals surface area contributed by atoms with E-state index in [2.05, 4.69) is 5.32 Å². The molecule has 0 spiro atoms. The molecule has 5 heteroatoms. The molecule has 0 atom stereocenters. The van der Waals surface area contributed by atoms with Gasteiger partial charge in [-0.05, 0) is 44.5 Å². The van der Waals surface area contributed by atoms with E-state index in [1.807, 2.05) is 26.8 Å². The van der Waals surface area contributed by atoms with Gasteiger partial charge < -0.3 is 14.8 Å². The Hall–Kier alpha value is -2.48. The molecule has 0 radical (unpaired) electrons. The highest BCUT2D eigenvalue weighted by Crippen LogP contribution is 2.28. The number of hydrogen-bond acceptors (Lipinski definition) is 4. The van der Waals surface area contributed by atoms with E-state index in [1.165, 1.54) is 6.08 Å². The van der Waals surface area contributed by atoms with Crippen molar-refractivity contribution in [1.82, 2.24) is 5.32 Å². The molecule has 0 bridgehead atoms. The summed E-state index contributed by atoms with van der Waals surface area (Å²) in [6.07, 6.45) is 1.52. The van der Waals surface area contributed by atoms with Crippen LogP contribution in [0.5, 0.6) is 11.5 Å². The van der Waals surface area contributed by atoms with Gasteiger partial charge in [0.05, 0.1) is 13.7 Å². The number of carbonyl (C=O) groups excluding carboxylic acids is 1. The molecule has 1 N–H and O–H groups in total. The molecule has 0 aliphatic carbocycles. The summed E-state index contributed by atoms with van der Waals surface area (Å²) in [5.74, 6) is 0.801. The fourth-order valence-electron chi connectivity index (χ4n) is 1.70. The van der Waals surface area contributed by atoms with Crippen LogP contribution in [-0.4, -0.2) is 25.7 Å². The molecule has 5 nitrogen and oxygen atoms in total. The summed E-state index contributed by atoms with van der Waals surface area (Å²) >= 11 is 0. The van der Waals surface area contributed by atoms with Crippen LogP contribution in [0.25, 0.3) is 6.08 Å². The smallest absolute Gasteiger partial charge is 0.262 e. The van der Waals surface area contributed by atoms with E-state index >= 15 is 0 Å². The number of benzene rings is 1. The Morgan fingerprint density at radius 3 is 2.67 bits per heavy atom. The summed E-state index contributed by atoms with van der Waals surface area (Å²) in [7, 11) is 1.54. The van der Waals surface area contributed by atoms with E-state index in [0.717, 1.165) is 0 Å². The van der Waals surface area contributed by atoms with Crippen LogP contribution in [0, 0.1) is 11.3 Å². The Labute approximate surface area is 125 Å².